The van der Waals surface area contributed by atoms with E-state index in [4.69, 9.17) is 4.74 Å². The van der Waals surface area contributed by atoms with E-state index >= 15 is 0 Å². The van der Waals surface area contributed by atoms with Crippen molar-refractivity contribution in [2.75, 3.05) is 19.7 Å². The van der Waals surface area contributed by atoms with Crippen molar-refractivity contribution in [1.82, 2.24) is 10.2 Å². The first-order chi connectivity index (χ1) is 11.1. The van der Waals surface area contributed by atoms with Gasteiger partial charge < -0.3 is 20.1 Å². The molecule has 2 amide bonds. The Balaban J connectivity index is 1.51. The molecule has 2 aliphatic rings. The molecule has 0 bridgehead atoms. The van der Waals surface area contributed by atoms with E-state index in [1.165, 1.54) is 6.07 Å². The van der Waals surface area contributed by atoms with Gasteiger partial charge in [0.1, 0.15) is 11.9 Å². The van der Waals surface area contributed by atoms with Crippen LogP contribution in [0.3, 0.4) is 0 Å². The third-order valence-electron chi connectivity index (χ3n) is 4.49. The standard InChI is InChI=1S/C17H22N2O4/c20-14-5-2-1-4-13(14)17(22)19-9-7-12(8-10-19)18-16(21)15-6-3-11-23-15/h1-2,4-5,12,15,20H,3,6-11H2,(H,18,21). The predicted octanol–water partition coefficient (Wildman–Crippen LogP) is 1.29. The number of hydrogen-bond donors (Lipinski definition) is 2. The van der Waals surface area contributed by atoms with Crippen LogP contribution in [-0.2, 0) is 9.53 Å². The van der Waals surface area contributed by atoms with Crippen molar-refractivity contribution in [3.63, 3.8) is 0 Å². The minimum Gasteiger partial charge on any atom is -0.507 e. The highest BCUT2D eigenvalue weighted by Gasteiger charge is 2.29. The van der Waals surface area contributed by atoms with Crippen molar-refractivity contribution in [1.29, 1.82) is 0 Å². The first-order valence-corrected chi connectivity index (χ1v) is 8.14. The molecule has 0 spiro atoms. The SMILES string of the molecule is O=C(NC1CCN(C(=O)c2ccccc2O)CC1)C1CCCO1. The number of carbonyl (C=O) groups excluding carboxylic acids is 2. The second kappa shape index (κ2) is 7.00. The number of rotatable bonds is 3. The fourth-order valence-corrected chi connectivity index (χ4v) is 3.13. The van der Waals surface area contributed by atoms with Gasteiger partial charge >= 0.3 is 0 Å². The van der Waals surface area contributed by atoms with Gasteiger partial charge in [-0.2, -0.15) is 0 Å². The topological polar surface area (TPSA) is 78.9 Å². The predicted molar refractivity (Wildman–Crippen MR) is 84.1 cm³/mol. The van der Waals surface area contributed by atoms with Crippen LogP contribution in [0.2, 0.25) is 0 Å². The number of likely N-dealkylation sites (tertiary alicyclic amines) is 1. The lowest BCUT2D eigenvalue weighted by Gasteiger charge is -2.33. The lowest BCUT2D eigenvalue weighted by Crippen LogP contribution is -2.48. The Kier molecular flexibility index (Phi) is 4.81. The fraction of sp³-hybridized carbons (Fsp3) is 0.529. The van der Waals surface area contributed by atoms with E-state index in [-0.39, 0.29) is 29.7 Å². The van der Waals surface area contributed by atoms with Crippen LogP contribution in [0.1, 0.15) is 36.0 Å². The zero-order chi connectivity index (χ0) is 16.2. The molecule has 124 valence electrons. The van der Waals surface area contributed by atoms with Gasteiger partial charge in [0, 0.05) is 25.7 Å². The largest absolute Gasteiger partial charge is 0.507 e. The van der Waals surface area contributed by atoms with Crippen molar-refractivity contribution in [2.24, 2.45) is 0 Å². The molecule has 0 aromatic heterocycles. The van der Waals surface area contributed by atoms with Crippen molar-refractivity contribution in [3.8, 4) is 5.75 Å². The number of nitrogens with one attached hydrogen (secondary N) is 1. The number of nitrogens with zero attached hydrogens (tertiary/aromatic N) is 1. The maximum atomic E-state index is 12.4. The van der Waals surface area contributed by atoms with E-state index in [9.17, 15) is 14.7 Å². The molecular formula is C17H22N2O4. The van der Waals surface area contributed by atoms with E-state index in [1.54, 1.807) is 23.1 Å². The molecule has 1 aromatic rings. The third-order valence-corrected chi connectivity index (χ3v) is 4.49. The summed E-state index contributed by atoms with van der Waals surface area (Å²) in [7, 11) is 0. The Morgan fingerprint density at radius 1 is 1.17 bits per heavy atom. The molecule has 1 aromatic carbocycles. The van der Waals surface area contributed by atoms with Gasteiger partial charge in [0.25, 0.3) is 5.91 Å². The molecule has 0 saturated carbocycles. The lowest BCUT2D eigenvalue weighted by molar-refractivity contribution is -0.131. The third kappa shape index (κ3) is 3.64. The average Bonchev–Trinajstić information content (AvgIpc) is 3.10. The Hall–Kier alpha value is -2.08. The van der Waals surface area contributed by atoms with E-state index < -0.39 is 0 Å². The average molecular weight is 318 g/mol. The summed E-state index contributed by atoms with van der Waals surface area (Å²) in [4.78, 5) is 26.2. The smallest absolute Gasteiger partial charge is 0.257 e. The number of para-hydroxylation sites is 1. The Morgan fingerprint density at radius 3 is 2.57 bits per heavy atom. The fourth-order valence-electron chi connectivity index (χ4n) is 3.13. The zero-order valence-corrected chi connectivity index (χ0v) is 13.0. The summed E-state index contributed by atoms with van der Waals surface area (Å²) in [5.74, 6) is -0.189. The molecule has 1 unspecified atom stereocenters. The molecule has 2 aliphatic heterocycles. The van der Waals surface area contributed by atoms with Gasteiger partial charge in [-0.3, -0.25) is 9.59 Å². The number of ether oxygens (including phenoxy) is 1. The summed E-state index contributed by atoms with van der Waals surface area (Å²) in [6.45, 7) is 1.80. The molecule has 0 aliphatic carbocycles. The summed E-state index contributed by atoms with van der Waals surface area (Å²) in [6, 6.07) is 6.66. The normalized spacial score (nSPS) is 22.1. The highest BCUT2D eigenvalue weighted by Crippen LogP contribution is 2.21. The van der Waals surface area contributed by atoms with Crippen LogP contribution in [0, 0.1) is 0 Å². The monoisotopic (exact) mass is 318 g/mol. The number of amides is 2. The molecule has 3 rings (SSSR count). The highest BCUT2D eigenvalue weighted by atomic mass is 16.5. The zero-order valence-electron chi connectivity index (χ0n) is 13.0. The number of benzene rings is 1. The molecule has 1 atom stereocenters. The Morgan fingerprint density at radius 2 is 1.91 bits per heavy atom. The minimum atomic E-state index is -0.309. The van der Waals surface area contributed by atoms with Crippen LogP contribution in [-0.4, -0.2) is 53.7 Å². The molecule has 23 heavy (non-hydrogen) atoms. The van der Waals surface area contributed by atoms with Gasteiger partial charge in [0.2, 0.25) is 5.91 Å². The number of phenols is 1. The molecule has 0 radical (unpaired) electrons. The summed E-state index contributed by atoms with van der Waals surface area (Å²) in [5, 5.41) is 12.8. The van der Waals surface area contributed by atoms with Gasteiger partial charge in [-0.05, 0) is 37.8 Å². The van der Waals surface area contributed by atoms with Crippen molar-refractivity contribution >= 4 is 11.8 Å². The molecule has 6 heteroatoms. The maximum Gasteiger partial charge on any atom is 0.257 e. The van der Waals surface area contributed by atoms with Crippen LogP contribution < -0.4 is 5.32 Å². The van der Waals surface area contributed by atoms with Crippen LogP contribution in [0.4, 0.5) is 0 Å². The Labute approximate surface area is 135 Å². The molecule has 2 N–H and O–H groups in total. The summed E-state index contributed by atoms with van der Waals surface area (Å²) < 4.78 is 5.38. The van der Waals surface area contributed by atoms with Crippen molar-refractivity contribution in [3.05, 3.63) is 29.8 Å². The number of hydrogen-bond acceptors (Lipinski definition) is 4. The number of piperidine rings is 1. The van der Waals surface area contributed by atoms with E-state index in [0.717, 1.165) is 25.7 Å². The molecule has 6 nitrogen and oxygen atoms in total. The van der Waals surface area contributed by atoms with Crippen molar-refractivity contribution < 1.29 is 19.4 Å². The summed E-state index contributed by atoms with van der Waals surface area (Å²) in [6.07, 6.45) is 2.85. The first kappa shape index (κ1) is 15.8. The molecular weight excluding hydrogens is 296 g/mol. The molecule has 2 heterocycles. The van der Waals surface area contributed by atoms with Gasteiger partial charge in [-0.25, -0.2) is 0 Å². The summed E-state index contributed by atoms with van der Waals surface area (Å²) in [5.41, 5.74) is 0.328. The maximum absolute atomic E-state index is 12.4. The van der Waals surface area contributed by atoms with Gasteiger partial charge in [-0.1, -0.05) is 12.1 Å². The Bertz CT molecular complexity index is 576. The van der Waals surface area contributed by atoms with E-state index in [2.05, 4.69) is 5.32 Å². The molecule has 2 saturated heterocycles. The van der Waals surface area contributed by atoms with Gasteiger partial charge in [-0.15, -0.1) is 0 Å². The van der Waals surface area contributed by atoms with Crippen LogP contribution >= 0.6 is 0 Å². The second-order valence-corrected chi connectivity index (χ2v) is 6.09. The molecule has 2 fully saturated rings. The van der Waals surface area contributed by atoms with Crippen LogP contribution in [0.25, 0.3) is 0 Å². The van der Waals surface area contributed by atoms with Crippen molar-refractivity contribution in [2.45, 2.75) is 37.8 Å². The van der Waals surface area contributed by atoms with E-state index in [1.807, 2.05) is 0 Å². The van der Waals surface area contributed by atoms with E-state index in [0.29, 0.717) is 25.3 Å². The quantitative estimate of drug-likeness (QED) is 0.880. The van der Waals surface area contributed by atoms with Gasteiger partial charge in [0.05, 0.1) is 5.56 Å². The summed E-state index contributed by atoms with van der Waals surface area (Å²) >= 11 is 0. The minimum absolute atomic E-state index is 0.00584. The van der Waals surface area contributed by atoms with Crippen LogP contribution in [0.5, 0.6) is 5.75 Å². The number of carbonyl (C=O) groups is 2. The lowest BCUT2D eigenvalue weighted by atomic mass is 10.0. The highest BCUT2D eigenvalue weighted by molar-refractivity contribution is 5.96. The second-order valence-electron chi connectivity index (χ2n) is 6.09. The number of phenolic OH excluding ortho intramolecular Hbond substituents is 1. The number of aromatic hydroxyl groups is 1. The van der Waals surface area contributed by atoms with Gasteiger partial charge in [0.15, 0.2) is 0 Å². The first-order valence-electron chi connectivity index (χ1n) is 8.14. The van der Waals surface area contributed by atoms with Crippen LogP contribution in [0.15, 0.2) is 24.3 Å².